The predicted octanol–water partition coefficient (Wildman–Crippen LogP) is 5.63. The smallest absolute Gasteiger partial charge is 0.223 e. The van der Waals surface area contributed by atoms with Crippen molar-refractivity contribution < 1.29 is 14.3 Å². The van der Waals surface area contributed by atoms with Gasteiger partial charge in [0.05, 0.1) is 11.2 Å². The molecule has 7 heteroatoms. The van der Waals surface area contributed by atoms with Crippen LogP contribution in [0.25, 0.3) is 0 Å². The third-order valence-corrected chi connectivity index (χ3v) is 5.96. The van der Waals surface area contributed by atoms with Gasteiger partial charge in [0, 0.05) is 22.7 Å². The molecule has 0 atom stereocenters. The summed E-state index contributed by atoms with van der Waals surface area (Å²) < 4.78 is 7.31. The first-order valence-corrected chi connectivity index (χ1v) is 10.3. The highest BCUT2D eigenvalue weighted by Gasteiger charge is 2.24. The van der Waals surface area contributed by atoms with Gasteiger partial charge >= 0.3 is 0 Å². The summed E-state index contributed by atoms with van der Waals surface area (Å²) in [5.74, 6) is -0.280. The van der Waals surface area contributed by atoms with Crippen molar-refractivity contribution in [2.45, 2.75) is 34.2 Å². The zero-order valence-corrected chi connectivity index (χ0v) is 18.8. The third kappa shape index (κ3) is 4.27. The number of aromatic nitrogens is 2. The molecule has 1 aromatic heterocycles. The molecule has 3 aromatic rings. The number of carbonyl (C=O) groups excluding carboxylic acids is 2. The number of Topliss-reactive ketones (excluding diaryl/α,β-unsaturated/α-hetero) is 1. The lowest BCUT2D eigenvalue weighted by Gasteiger charge is -2.12. The van der Waals surface area contributed by atoms with Crippen molar-refractivity contribution in [3.63, 3.8) is 0 Å². The zero-order chi connectivity index (χ0) is 22.0. The summed E-state index contributed by atoms with van der Waals surface area (Å²) in [4.78, 5) is 25.7. The van der Waals surface area contributed by atoms with Crippen LogP contribution in [0.2, 0.25) is 10.0 Å². The van der Waals surface area contributed by atoms with Gasteiger partial charge in [-0.3, -0.25) is 9.59 Å². The minimum atomic E-state index is -0.333. The van der Waals surface area contributed by atoms with Crippen LogP contribution in [0.15, 0.2) is 36.5 Å². The molecule has 0 aliphatic rings. The molecule has 0 aliphatic carbocycles. The molecule has 0 saturated heterocycles. The second-order valence-corrected chi connectivity index (χ2v) is 7.84. The molecule has 0 bridgehead atoms. The van der Waals surface area contributed by atoms with E-state index in [2.05, 4.69) is 5.10 Å². The van der Waals surface area contributed by atoms with E-state index in [1.165, 1.54) is 6.20 Å². The van der Waals surface area contributed by atoms with E-state index in [0.717, 1.165) is 11.1 Å². The molecular weight excluding hydrogens is 423 g/mol. The number of carbonyl (C=O) groups is 2. The Labute approximate surface area is 185 Å². The standard InChI is InChI=1S/C23H22Cl2N2O3/c1-5-27-23(30-12-19(28)16-8-6-13(2)7-9-16)18(11-26-27)22(29)17-10-14(3)20(24)15(4)21(17)25/h6-11H,5,12H2,1-4H3. The van der Waals surface area contributed by atoms with Crippen LogP contribution in [0.1, 0.15) is 49.9 Å². The largest absolute Gasteiger partial charge is 0.469 e. The number of ether oxygens (including phenoxy) is 1. The number of rotatable bonds is 7. The van der Waals surface area contributed by atoms with Crippen LogP contribution in [0.3, 0.4) is 0 Å². The average Bonchev–Trinajstić information content (AvgIpc) is 3.16. The molecule has 0 radical (unpaired) electrons. The Morgan fingerprint density at radius 2 is 1.70 bits per heavy atom. The average molecular weight is 445 g/mol. The number of hydrogen-bond acceptors (Lipinski definition) is 4. The summed E-state index contributed by atoms with van der Waals surface area (Å²) in [6, 6.07) is 8.90. The van der Waals surface area contributed by atoms with E-state index in [4.69, 9.17) is 27.9 Å². The predicted molar refractivity (Wildman–Crippen MR) is 118 cm³/mol. The highest BCUT2D eigenvalue weighted by Crippen LogP contribution is 2.33. The molecular formula is C23H22Cl2N2O3. The van der Waals surface area contributed by atoms with E-state index < -0.39 is 0 Å². The van der Waals surface area contributed by atoms with Gasteiger partial charge in [-0.05, 0) is 44.9 Å². The normalized spacial score (nSPS) is 10.9. The van der Waals surface area contributed by atoms with Gasteiger partial charge in [-0.25, -0.2) is 4.68 Å². The van der Waals surface area contributed by atoms with Crippen LogP contribution < -0.4 is 4.74 Å². The zero-order valence-electron chi connectivity index (χ0n) is 17.3. The lowest BCUT2D eigenvalue weighted by atomic mass is 10.0. The van der Waals surface area contributed by atoms with E-state index in [0.29, 0.717) is 33.3 Å². The van der Waals surface area contributed by atoms with Gasteiger partial charge in [0.15, 0.2) is 12.4 Å². The summed E-state index contributed by atoms with van der Waals surface area (Å²) >= 11 is 12.6. The van der Waals surface area contributed by atoms with Crippen LogP contribution in [-0.4, -0.2) is 28.0 Å². The fourth-order valence-electron chi connectivity index (χ4n) is 3.11. The Kier molecular flexibility index (Phi) is 6.64. The molecule has 30 heavy (non-hydrogen) atoms. The van der Waals surface area contributed by atoms with Gasteiger partial charge < -0.3 is 4.74 Å². The maximum atomic E-state index is 13.2. The Hall–Kier alpha value is -2.63. The van der Waals surface area contributed by atoms with Gasteiger partial charge in [-0.2, -0.15) is 5.10 Å². The van der Waals surface area contributed by atoms with E-state index in [9.17, 15) is 9.59 Å². The topological polar surface area (TPSA) is 61.2 Å². The third-order valence-electron chi connectivity index (χ3n) is 4.90. The van der Waals surface area contributed by atoms with Crippen molar-refractivity contribution >= 4 is 34.8 Å². The van der Waals surface area contributed by atoms with Crippen molar-refractivity contribution in [1.29, 1.82) is 0 Å². The number of halogens is 2. The monoisotopic (exact) mass is 444 g/mol. The van der Waals surface area contributed by atoms with Gasteiger partial charge in [-0.15, -0.1) is 0 Å². The highest BCUT2D eigenvalue weighted by molar-refractivity contribution is 6.39. The van der Waals surface area contributed by atoms with Crippen LogP contribution in [-0.2, 0) is 6.54 Å². The van der Waals surface area contributed by atoms with Gasteiger partial charge in [0.2, 0.25) is 11.7 Å². The highest BCUT2D eigenvalue weighted by atomic mass is 35.5. The van der Waals surface area contributed by atoms with Gasteiger partial charge in [0.25, 0.3) is 0 Å². The molecule has 0 fully saturated rings. The summed E-state index contributed by atoms with van der Waals surface area (Å²) in [5, 5.41) is 5.05. The maximum absolute atomic E-state index is 13.2. The SMILES string of the molecule is CCn1ncc(C(=O)c2cc(C)c(Cl)c(C)c2Cl)c1OCC(=O)c1ccc(C)cc1. The van der Waals surface area contributed by atoms with E-state index >= 15 is 0 Å². The number of ketones is 2. The van der Waals surface area contributed by atoms with Crippen molar-refractivity contribution in [3.05, 3.63) is 80.0 Å². The van der Waals surface area contributed by atoms with E-state index in [1.807, 2.05) is 32.9 Å². The van der Waals surface area contributed by atoms with Crippen molar-refractivity contribution in [3.8, 4) is 5.88 Å². The molecule has 5 nitrogen and oxygen atoms in total. The van der Waals surface area contributed by atoms with Crippen LogP contribution in [0.5, 0.6) is 5.88 Å². The first kappa shape index (κ1) is 22.1. The Morgan fingerprint density at radius 3 is 2.33 bits per heavy atom. The van der Waals surface area contributed by atoms with Crippen LogP contribution in [0.4, 0.5) is 0 Å². The minimum Gasteiger partial charge on any atom is -0.469 e. The Morgan fingerprint density at radius 1 is 1.03 bits per heavy atom. The molecule has 3 rings (SSSR count). The number of aryl methyl sites for hydroxylation is 3. The first-order chi connectivity index (χ1) is 14.2. The minimum absolute atomic E-state index is 0.187. The molecule has 156 valence electrons. The molecule has 0 unspecified atom stereocenters. The fraction of sp³-hybridized carbons (Fsp3) is 0.261. The quantitative estimate of drug-likeness (QED) is 0.443. The Bertz CT molecular complexity index is 1120. The van der Waals surface area contributed by atoms with Gasteiger partial charge in [-0.1, -0.05) is 53.0 Å². The molecule has 2 aromatic carbocycles. The molecule has 0 amide bonds. The summed E-state index contributed by atoms with van der Waals surface area (Å²) in [6.45, 7) is 7.68. The fourth-order valence-corrected chi connectivity index (χ4v) is 3.54. The lowest BCUT2D eigenvalue weighted by molar-refractivity contribution is 0.0907. The lowest BCUT2D eigenvalue weighted by Crippen LogP contribution is -2.16. The summed E-state index contributed by atoms with van der Waals surface area (Å²) in [6.07, 6.45) is 1.44. The molecule has 1 heterocycles. The molecule has 0 saturated carbocycles. The first-order valence-electron chi connectivity index (χ1n) is 9.53. The van der Waals surface area contributed by atoms with Crippen LogP contribution in [0, 0.1) is 20.8 Å². The van der Waals surface area contributed by atoms with Crippen LogP contribution >= 0.6 is 23.2 Å². The van der Waals surface area contributed by atoms with Crippen molar-refractivity contribution in [2.24, 2.45) is 0 Å². The molecule has 0 N–H and O–H groups in total. The summed E-state index contributed by atoms with van der Waals surface area (Å²) in [7, 11) is 0. The van der Waals surface area contributed by atoms with Crippen molar-refractivity contribution in [1.82, 2.24) is 9.78 Å². The Balaban J connectivity index is 1.91. The number of nitrogens with zero attached hydrogens (tertiary/aromatic N) is 2. The van der Waals surface area contributed by atoms with E-state index in [1.54, 1.807) is 29.8 Å². The number of hydrogen-bond donors (Lipinski definition) is 0. The number of benzene rings is 2. The second-order valence-electron chi connectivity index (χ2n) is 7.08. The van der Waals surface area contributed by atoms with E-state index in [-0.39, 0.29) is 29.6 Å². The van der Waals surface area contributed by atoms with Gasteiger partial charge in [0.1, 0.15) is 5.56 Å². The summed E-state index contributed by atoms with van der Waals surface area (Å²) in [5.41, 5.74) is 3.57. The second kappa shape index (κ2) is 9.02. The maximum Gasteiger partial charge on any atom is 0.223 e. The molecule has 0 aliphatic heterocycles. The van der Waals surface area contributed by atoms with Crippen molar-refractivity contribution in [2.75, 3.05) is 6.61 Å². The molecule has 0 spiro atoms.